The van der Waals surface area contributed by atoms with Crippen molar-refractivity contribution < 1.29 is 34.2 Å². The van der Waals surface area contributed by atoms with Gasteiger partial charge in [-0.25, -0.2) is 4.79 Å². The smallest absolute Gasteiger partial charge is 0.326 e. The number of carboxylic acid groups (broad SMARTS) is 2. The van der Waals surface area contributed by atoms with Crippen LogP contribution in [0.1, 0.15) is 44.9 Å². The van der Waals surface area contributed by atoms with Crippen molar-refractivity contribution in [1.29, 1.82) is 0 Å². The average Bonchev–Trinajstić information content (AvgIpc) is 3.45. The van der Waals surface area contributed by atoms with Gasteiger partial charge in [-0.1, -0.05) is 0 Å². The quantitative estimate of drug-likeness (QED) is 0.249. The summed E-state index contributed by atoms with van der Waals surface area (Å²) >= 11 is 1.43. The standard InChI is InChI=1S/C20H32N4O7S/c1-32-11-8-14(20(30)31)23-17(27)12(6-7-16(25)26)22-18(28)15-5-3-10-24(15)19(29)13-4-2-9-21-13/h12-15,21H,2-11H2,1H3,(H,22,28)(H,23,27)(H,25,26)(H,30,31). The van der Waals surface area contributed by atoms with Crippen molar-refractivity contribution in [1.82, 2.24) is 20.9 Å². The minimum atomic E-state index is -1.21. The van der Waals surface area contributed by atoms with Crippen LogP contribution < -0.4 is 16.0 Å². The number of likely N-dealkylation sites (tertiary alicyclic amines) is 1. The topological polar surface area (TPSA) is 165 Å². The van der Waals surface area contributed by atoms with E-state index in [1.807, 2.05) is 6.26 Å². The van der Waals surface area contributed by atoms with Gasteiger partial charge in [0.25, 0.3) is 0 Å². The molecule has 2 fully saturated rings. The van der Waals surface area contributed by atoms with Gasteiger partial charge in [-0.2, -0.15) is 11.8 Å². The number of hydrogen-bond acceptors (Lipinski definition) is 7. The molecule has 12 heteroatoms. The van der Waals surface area contributed by atoms with Gasteiger partial charge < -0.3 is 31.1 Å². The molecule has 4 unspecified atom stereocenters. The maximum Gasteiger partial charge on any atom is 0.326 e. The number of aliphatic carboxylic acids is 2. The molecule has 2 saturated heterocycles. The normalized spacial score (nSPS) is 22.2. The second-order valence-electron chi connectivity index (χ2n) is 8.01. The highest BCUT2D eigenvalue weighted by molar-refractivity contribution is 7.98. The van der Waals surface area contributed by atoms with Crippen molar-refractivity contribution in [3.63, 3.8) is 0 Å². The second-order valence-corrected chi connectivity index (χ2v) is 9.00. The number of rotatable bonds is 12. The number of hydrogen-bond donors (Lipinski definition) is 5. The molecule has 2 aliphatic heterocycles. The predicted octanol–water partition coefficient (Wildman–Crippen LogP) is -0.598. The molecule has 0 saturated carbocycles. The van der Waals surface area contributed by atoms with Gasteiger partial charge >= 0.3 is 11.9 Å². The van der Waals surface area contributed by atoms with Crippen LogP contribution in [-0.2, 0) is 24.0 Å². The van der Waals surface area contributed by atoms with E-state index in [4.69, 9.17) is 5.11 Å². The fraction of sp³-hybridized carbons (Fsp3) is 0.750. The first-order chi connectivity index (χ1) is 15.2. The third kappa shape index (κ3) is 7.37. The Hall–Kier alpha value is -2.34. The summed E-state index contributed by atoms with van der Waals surface area (Å²) < 4.78 is 0. The number of thioether (sulfide) groups is 1. The van der Waals surface area contributed by atoms with Crippen LogP contribution in [0.25, 0.3) is 0 Å². The number of nitrogens with zero attached hydrogens (tertiary/aromatic N) is 1. The van der Waals surface area contributed by atoms with E-state index in [1.165, 1.54) is 16.7 Å². The van der Waals surface area contributed by atoms with Crippen LogP contribution in [0.3, 0.4) is 0 Å². The summed E-state index contributed by atoms with van der Waals surface area (Å²) in [5.41, 5.74) is 0. The zero-order chi connectivity index (χ0) is 23.7. The molecule has 0 spiro atoms. The van der Waals surface area contributed by atoms with Crippen molar-refractivity contribution in [3.8, 4) is 0 Å². The van der Waals surface area contributed by atoms with Crippen molar-refractivity contribution in [2.24, 2.45) is 0 Å². The van der Waals surface area contributed by atoms with Gasteiger partial charge in [0.1, 0.15) is 18.1 Å². The summed E-state index contributed by atoms with van der Waals surface area (Å²) in [6.45, 7) is 1.19. The molecule has 0 aliphatic carbocycles. The molecule has 5 N–H and O–H groups in total. The Labute approximate surface area is 191 Å². The van der Waals surface area contributed by atoms with Crippen LogP contribution in [0.2, 0.25) is 0 Å². The molecule has 11 nitrogen and oxygen atoms in total. The second kappa shape index (κ2) is 12.6. The number of carbonyl (C=O) groups excluding carboxylic acids is 3. The average molecular weight is 473 g/mol. The van der Waals surface area contributed by atoms with E-state index in [1.54, 1.807) is 0 Å². The lowest BCUT2D eigenvalue weighted by molar-refractivity contribution is -0.143. The van der Waals surface area contributed by atoms with E-state index in [0.717, 1.165) is 13.0 Å². The number of carbonyl (C=O) groups is 5. The highest BCUT2D eigenvalue weighted by Crippen LogP contribution is 2.21. The molecule has 180 valence electrons. The maximum atomic E-state index is 13.0. The fourth-order valence-corrected chi connectivity index (χ4v) is 4.44. The van der Waals surface area contributed by atoms with E-state index in [9.17, 15) is 29.1 Å². The summed E-state index contributed by atoms with van der Waals surface area (Å²) in [5.74, 6) is -3.25. The van der Waals surface area contributed by atoms with Crippen LogP contribution >= 0.6 is 11.8 Å². The Balaban J connectivity index is 2.06. The third-order valence-electron chi connectivity index (χ3n) is 5.70. The van der Waals surface area contributed by atoms with Gasteiger partial charge in [0.2, 0.25) is 17.7 Å². The zero-order valence-corrected chi connectivity index (χ0v) is 19.0. The molecule has 32 heavy (non-hydrogen) atoms. The maximum absolute atomic E-state index is 13.0. The summed E-state index contributed by atoms with van der Waals surface area (Å²) in [5, 5.41) is 26.4. The molecule has 0 bridgehead atoms. The van der Waals surface area contributed by atoms with E-state index >= 15 is 0 Å². The molecule has 0 aromatic heterocycles. The highest BCUT2D eigenvalue weighted by Gasteiger charge is 2.39. The van der Waals surface area contributed by atoms with Gasteiger partial charge in [0.15, 0.2) is 0 Å². The van der Waals surface area contributed by atoms with E-state index in [2.05, 4.69) is 16.0 Å². The Morgan fingerprint density at radius 3 is 2.41 bits per heavy atom. The Morgan fingerprint density at radius 1 is 1.06 bits per heavy atom. The lowest BCUT2D eigenvalue weighted by Crippen LogP contribution is -2.56. The summed E-state index contributed by atoms with van der Waals surface area (Å²) in [6, 6.07) is -3.41. The molecule has 2 heterocycles. The molecule has 2 rings (SSSR count). The first-order valence-electron chi connectivity index (χ1n) is 10.8. The summed E-state index contributed by atoms with van der Waals surface area (Å²) in [7, 11) is 0. The fourth-order valence-electron chi connectivity index (χ4n) is 3.97. The van der Waals surface area contributed by atoms with E-state index in [0.29, 0.717) is 31.6 Å². The van der Waals surface area contributed by atoms with Gasteiger partial charge in [-0.05, 0) is 57.1 Å². The molecular weight excluding hydrogens is 440 g/mol. The van der Waals surface area contributed by atoms with Crippen LogP contribution in [0.15, 0.2) is 0 Å². The number of nitrogens with one attached hydrogen (secondary N) is 3. The molecule has 0 aromatic carbocycles. The molecule has 0 aromatic rings. The Kier molecular flexibility index (Phi) is 10.2. The molecular formula is C20H32N4O7S. The third-order valence-corrected chi connectivity index (χ3v) is 6.35. The first kappa shape index (κ1) is 25.9. The monoisotopic (exact) mass is 472 g/mol. The minimum absolute atomic E-state index is 0.144. The molecule has 2 aliphatic rings. The first-order valence-corrected chi connectivity index (χ1v) is 12.2. The van der Waals surface area contributed by atoms with Crippen molar-refractivity contribution in [3.05, 3.63) is 0 Å². The van der Waals surface area contributed by atoms with Gasteiger partial charge in [0, 0.05) is 13.0 Å². The van der Waals surface area contributed by atoms with Crippen LogP contribution in [0.5, 0.6) is 0 Å². The van der Waals surface area contributed by atoms with Gasteiger partial charge in [-0.3, -0.25) is 19.2 Å². The highest BCUT2D eigenvalue weighted by atomic mass is 32.2. The van der Waals surface area contributed by atoms with Crippen LogP contribution in [0, 0.1) is 0 Å². The minimum Gasteiger partial charge on any atom is -0.481 e. The van der Waals surface area contributed by atoms with Gasteiger partial charge in [-0.15, -0.1) is 0 Å². The Bertz CT molecular complexity index is 714. The van der Waals surface area contributed by atoms with E-state index in [-0.39, 0.29) is 31.2 Å². The summed E-state index contributed by atoms with van der Waals surface area (Å²) in [4.78, 5) is 62.5. The van der Waals surface area contributed by atoms with Crippen molar-refractivity contribution in [2.75, 3.05) is 25.1 Å². The van der Waals surface area contributed by atoms with E-state index < -0.39 is 41.9 Å². The lowest BCUT2D eigenvalue weighted by Gasteiger charge is -2.28. The van der Waals surface area contributed by atoms with Crippen molar-refractivity contribution in [2.45, 2.75) is 69.1 Å². The largest absolute Gasteiger partial charge is 0.481 e. The molecule has 3 amide bonds. The predicted molar refractivity (Wildman–Crippen MR) is 117 cm³/mol. The summed E-state index contributed by atoms with van der Waals surface area (Å²) in [6.07, 6.45) is 4.14. The lowest BCUT2D eigenvalue weighted by atomic mass is 10.1. The van der Waals surface area contributed by atoms with Gasteiger partial charge in [0.05, 0.1) is 6.04 Å². The Morgan fingerprint density at radius 2 is 1.81 bits per heavy atom. The zero-order valence-electron chi connectivity index (χ0n) is 18.2. The van der Waals surface area contributed by atoms with Crippen LogP contribution in [0.4, 0.5) is 0 Å². The number of amides is 3. The SMILES string of the molecule is CSCCC(NC(=O)C(CCC(=O)O)NC(=O)C1CCCN1C(=O)C1CCCN1)C(=O)O. The number of carboxylic acids is 2. The molecule has 4 atom stereocenters. The molecule has 0 radical (unpaired) electrons. The van der Waals surface area contributed by atoms with Crippen LogP contribution in [-0.4, -0.2) is 94.0 Å². The van der Waals surface area contributed by atoms with Crippen molar-refractivity contribution >= 4 is 41.4 Å².